The Labute approximate surface area is 77.1 Å². The Bertz CT molecular complexity index is 316. The molecule has 0 saturated heterocycles. The number of nitro groups is 1. The van der Waals surface area contributed by atoms with Crippen LogP contribution in [0.25, 0.3) is 0 Å². The molecule has 1 N–H and O–H groups in total. The lowest BCUT2D eigenvalue weighted by atomic mass is 10.3. The Kier molecular flexibility index (Phi) is 2.59. The van der Waals surface area contributed by atoms with Gasteiger partial charge in [-0.1, -0.05) is 0 Å². The molecule has 0 fully saturated rings. The van der Waals surface area contributed by atoms with Crippen molar-refractivity contribution < 1.29 is 4.92 Å². The fraction of sp³-hybridized carbons (Fsp3) is 0.167. The van der Waals surface area contributed by atoms with Crippen LogP contribution >= 0.6 is 15.9 Å². The lowest BCUT2D eigenvalue weighted by Crippen LogP contribution is -1.98. The van der Waals surface area contributed by atoms with Crippen LogP contribution in [-0.2, 0) is 0 Å². The van der Waals surface area contributed by atoms with Gasteiger partial charge in [-0.25, -0.2) is 4.98 Å². The first-order valence-electron chi connectivity index (χ1n) is 3.13. The van der Waals surface area contributed by atoms with E-state index in [0.717, 1.165) is 0 Å². The van der Waals surface area contributed by atoms with Gasteiger partial charge in [0, 0.05) is 19.3 Å². The summed E-state index contributed by atoms with van der Waals surface area (Å²) in [5.41, 5.74) is 0.405. The van der Waals surface area contributed by atoms with E-state index < -0.39 is 4.92 Å². The monoisotopic (exact) mass is 231 g/mol. The Morgan fingerprint density at radius 2 is 2.42 bits per heavy atom. The van der Waals surface area contributed by atoms with Crippen molar-refractivity contribution in [2.24, 2.45) is 0 Å². The van der Waals surface area contributed by atoms with Gasteiger partial charge < -0.3 is 5.32 Å². The van der Waals surface area contributed by atoms with Crippen LogP contribution in [0.5, 0.6) is 0 Å². The molecule has 0 aromatic carbocycles. The van der Waals surface area contributed by atoms with E-state index in [2.05, 4.69) is 26.2 Å². The molecular weight excluding hydrogens is 226 g/mol. The van der Waals surface area contributed by atoms with E-state index in [4.69, 9.17) is 0 Å². The van der Waals surface area contributed by atoms with Crippen molar-refractivity contribution in [3.8, 4) is 0 Å². The molecule has 0 radical (unpaired) electrons. The van der Waals surface area contributed by atoms with Crippen molar-refractivity contribution >= 4 is 27.3 Å². The summed E-state index contributed by atoms with van der Waals surface area (Å²) >= 11 is 3.10. The quantitative estimate of drug-likeness (QED) is 0.479. The summed E-state index contributed by atoms with van der Waals surface area (Å²) < 4.78 is 0.444. The van der Waals surface area contributed by atoms with Gasteiger partial charge in [0.1, 0.15) is 10.3 Å². The van der Waals surface area contributed by atoms with E-state index >= 15 is 0 Å². The van der Waals surface area contributed by atoms with Crippen molar-refractivity contribution in [1.82, 2.24) is 4.98 Å². The summed E-state index contributed by atoms with van der Waals surface area (Å²) in [5, 5.41) is 13.1. The van der Waals surface area contributed by atoms with Crippen LogP contribution < -0.4 is 5.32 Å². The predicted molar refractivity (Wildman–Crippen MR) is 48.1 cm³/mol. The Morgan fingerprint density at radius 1 is 1.75 bits per heavy atom. The zero-order valence-electron chi connectivity index (χ0n) is 6.24. The summed E-state index contributed by atoms with van der Waals surface area (Å²) in [7, 11) is 1.61. The summed E-state index contributed by atoms with van der Waals surface area (Å²) in [6.07, 6.45) is 1.38. The highest BCUT2D eigenvalue weighted by Gasteiger charge is 2.15. The molecule has 12 heavy (non-hydrogen) atoms. The van der Waals surface area contributed by atoms with Gasteiger partial charge in [0.05, 0.1) is 4.92 Å². The average Bonchev–Trinajstić information content (AvgIpc) is 2.03. The van der Waals surface area contributed by atoms with Crippen molar-refractivity contribution in [1.29, 1.82) is 0 Å². The number of halogens is 1. The number of hydrogen-bond donors (Lipinski definition) is 1. The average molecular weight is 232 g/mol. The first-order valence-corrected chi connectivity index (χ1v) is 3.92. The topological polar surface area (TPSA) is 68.1 Å². The van der Waals surface area contributed by atoms with Gasteiger partial charge in [0.15, 0.2) is 0 Å². The largest absolute Gasteiger partial charge is 0.380 e. The van der Waals surface area contributed by atoms with Crippen LogP contribution in [0.4, 0.5) is 11.4 Å². The molecule has 0 amide bonds. The summed E-state index contributed by atoms with van der Waals surface area (Å²) in [6, 6.07) is 1.34. The molecule has 1 aromatic rings. The van der Waals surface area contributed by atoms with E-state index in [0.29, 0.717) is 10.3 Å². The third-order valence-electron chi connectivity index (χ3n) is 1.33. The SMILES string of the molecule is CNc1c([N+](=O)[O-])ccnc1Br. The van der Waals surface area contributed by atoms with Gasteiger partial charge in [-0.05, 0) is 15.9 Å². The minimum absolute atomic E-state index is 0.0133. The lowest BCUT2D eigenvalue weighted by molar-refractivity contribution is -0.384. The Hall–Kier alpha value is -1.17. The molecule has 0 saturated carbocycles. The fourth-order valence-electron chi connectivity index (χ4n) is 0.810. The van der Waals surface area contributed by atoms with Crippen LogP contribution in [0.3, 0.4) is 0 Å². The normalized spacial score (nSPS) is 9.50. The van der Waals surface area contributed by atoms with Crippen molar-refractivity contribution in [2.75, 3.05) is 12.4 Å². The molecule has 0 aliphatic rings. The van der Waals surface area contributed by atoms with Crippen LogP contribution in [0.15, 0.2) is 16.9 Å². The van der Waals surface area contributed by atoms with Gasteiger partial charge in [-0.15, -0.1) is 0 Å². The first kappa shape index (κ1) is 8.92. The second-order valence-electron chi connectivity index (χ2n) is 2.00. The predicted octanol–water partition coefficient (Wildman–Crippen LogP) is 1.79. The van der Waals surface area contributed by atoms with Gasteiger partial charge >= 0.3 is 0 Å². The molecule has 0 spiro atoms. The number of nitrogens with zero attached hydrogens (tertiary/aromatic N) is 2. The molecule has 0 atom stereocenters. The van der Waals surface area contributed by atoms with E-state index in [1.54, 1.807) is 7.05 Å². The van der Waals surface area contributed by atoms with E-state index in [9.17, 15) is 10.1 Å². The number of hydrogen-bond acceptors (Lipinski definition) is 4. The minimum atomic E-state index is -0.460. The third kappa shape index (κ3) is 1.53. The highest BCUT2D eigenvalue weighted by Crippen LogP contribution is 2.29. The summed E-state index contributed by atoms with van der Waals surface area (Å²) in [6.45, 7) is 0. The molecular formula is C6H6BrN3O2. The number of aromatic nitrogens is 1. The maximum atomic E-state index is 10.4. The van der Waals surface area contributed by atoms with Crippen molar-refractivity contribution in [2.45, 2.75) is 0 Å². The molecule has 1 rings (SSSR count). The molecule has 0 aliphatic heterocycles. The zero-order chi connectivity index (χ0) is 9.14. The maximum Gasteiger partial charge on any atom is 0.296 e. The van der Waals surface area contributed by atoms with Gasteiger partial charge in [-0.2, -0.15) is 0 Å². The molecule has 1 aromatic heterocycles. The van der Waals surface area contributed by atoms with E-state index in [1.165, 1.54) is 12.3 Å². The second-order valence-corrected chi connectivity index (χ2v) is 2.75. The molecule has 0 unspecified atom stereocenters. The standard InChI is InChI=1S/C6H6BrN3O2/c1-8-5-4(10(11)12)2-3-9-6(5)7/h2-3,8H,1H3. The van der Waals surface area contributed by atoms with E-state index in [-0.39, 0.29) is 5.69 Å². The van der Waals surface area contributed by atoms with E-state index in [1.807, 2.05) is 0 Å². The van der Waals surface area contributed by atoms with Gasteiger partial charge in [0.25, 0.3) is 5.69 Å². The number of rotatable bonds is 2. The Balaban J connectivity index is 3.27. The lowest BCUT2D eigenvalue weighted by Gasteiger charge is -2.01. The van der Waals surface area contributed by atoms with Crippen molar-refractivity contribution in [3.63, 3.8) is 0 Å². The minimum Gasteiger partial charge on any atom is -0.380 e. The van der Waals surface area contributed by atoms with Crippen molar-refractivity contribution in [3.05, 3.63) is 27.0 Å². The molecule has 5 nitrogen and oxygen atoms in total. The van der Waals surface area contributed by atoms with Crippen LogP contribution in [0.2, 0.25) is 0 Å². The first-order chi connectivity index (χ1) is 5.66. The maximum absolute atomic E-state index is 10.4. The van der Waals surface area contributed by atoms with Crippen LogP contribution in [-0.4, -0.2) is 17.0 Å². The zero-order valence-corrected chi connectivity index (χ0v) is 7.83. The van der Waals surface area contributed by atoms with Crippen LogP contribution in [0, 0.1) is 10.1 Å². The van der Waals surface area contributed by atoms with Crippen LogP contribution in [0.1, 0.15) is 0 Å². The second kappa shape index (κ2) is 3.48. The Morgan fingerprint density at radius 3 is 2.83 bits per heavy atom. The highest BCUT2D eigenvalue weighted by molar-refractivity contribution is 9.10. The van der Waals surface area contributed by atoms with Gasteiger partial charge in [-0.3, -0.25) is 10.1 Å². The summed E-state index contributed by atoms with van der Waals surface area (Å²) in [5.74, 6) is 0. The number of pyridine rings is 1. The highest BCUT2D eigenvalue weighted by atomic mass is 79.9. The third-order valence-corrected chi connectivity index (χ3v) is 1.93. The van der Waals surface area contributed by atoms with Gasteiger partial charge in [0.2, 0.25) is 0 Å². The number of anilines is 1. The molecule has 0 aliphatic carbocycles. The molecule has 0 bridgehead atoms. The molecule has 64 valence electrons. The smallest absolute Gasteiger partial charge is 0.296 e. The molecule has 6 heteroatoms. The fourth-order valence-corrected chi connectivity index (χ4v) is 1.33. The summed E-state index contributed by atoms with van der Waals surface area (Å²) in [4.78, 5) is 13.8. The molecule has 1 heterocycles. The number of nitrogens with one attached hydrogen (secondary N) is 1.